The zero-order valence-electron chi connectivity index (χ0n) is 11.8. The molecule has 4 nitrogen and oxygen atoms in total. The number of methoxy groups -OCH3 is 1. The Morgan fingerprint density at radius 2 is 2.00 bits per heavy atom. The molecule has 20 heavy (non-hydrogen) atoms. The molecule has 0 spiro atoms. The molecule has 0 aliphatic heterocycles. The highest BCUT2D eigenvalue weighted by Gasteiger charge is 2.26. The SMILES string of the molecule is COC(=O)[C@@H](Sc1nccn1-c1ccccc1)C(C)C. The van der Waals surface area contributed by atoms with E-state index in [0.717, 1.165) is 10.8 Å². The van der Waals surface area contributed by atoms with Crippen molar-refractivity contribution < 1.29 is 9.53 Å². The molecule has 5 heteroatoms. The Morgan fingerprint density at radius 1 is 1.30 bits per heavy atom. The summed E-state index contributed by atoms with van der Waals surface area (Å²) < 4.78 is 6.85. The van der Waals surface area contributed by atoms with Gasteiger partial charge in [-0.1, -0.05) is 43.8 Å². The van der Waals surface area contributed by atoms with Gasteiger partial charge in [0.1, 0.15) is 5.25 Å². The summed E-state index contributed by atoms with van der Waals surface area (Å²) in [6.07, 6.45) is 3.64. The van der Waals surface area contributed by atoms with Crippen LogP contribution < -0.4 is 0 Å². The van der Waals surface area contributed by atoms with Gasteiger partial charge >= 0.3 is 5.97 Å². The molecule has 0 aliphatic carbocycles. The van der Waals surface area contributed by atoms with Crippen molar-refractivity contribution in [2.75, 3.05) is 7.11 Å². The van der Waals surface area contributed by atoms with Crippen LogP contribution >= 0.6 is 11.8 Å². The zero-order valence-corrected chi connectivity index (χ0v) is 12.6. The van der Waals surface area contributed by atoms with E-state index in [4.69, 9.17) is 4.74 Å². The fourth-order valence-corrected chi connectivity index (χ4v) is 2.94. The molecule has 0 N–H and O–H groups in total. The number of hydrogen-bond donors (Lipinski definition) is 0. The Balaban J connectivity index is 2.26. The van der Waals surface area contributed by atoms with E-state index in [1.165, 1.54) is 18.9 Å². The molecule has 1 aromatic carbocycles. The lowest BCUT2D eigenvalue weighted by molar-refractivity contribution is -0.140. The van der Waals surface area contributed by atoms with Crippen molar-refractivity contribution in [1.29, 1.82) is 0 Å². The first-order chi connectivity index (χ1) is 9.63. The number of benzene rings is 1. The molecule has 0 unspecified atom stereocenters. The number of hydrogen-bond acceptors (Lipinski definition) is 4. The van der Waals surface area contributed by atoms with Gasteiger partial charge in [0.15, 0.2) is 5.16 Å². The summed E-state index contributed by atoms with van der Waals surface area (Å²) in [6, 6.07) is 9.94. The number of ether oxygens (including phenoxy) is 1. The van der Waals surface area contributed by atoms with Gasteiger partial charge in [0.25, 0.3) is 0 Å². The van der Waals surface area contributed by atoms with E-state index in [1.54, 1.807) is 6.20 Å². The highest BCUT2D eigenvalue weighted by atomic mass is 32.2. The number of aromatic nitrogens is 2. The molecule has 1 heterocycles. The van der Waals surface area contributed by atoms with Crippen molar-refractivity contribution in [1.82, 2.24) is 9.55 Å². The fourth-order valence-electron chi connectivity index (χ4n) is 1.85. The third-order valence-electron chi connectivity index (χ3n) is 2.91. The van der Waals surface area contributed by atoms with Crippen molar-refractivity contribution in [2.45, 2.75) is 24.3 Å². The van der Waals surface area contributed by atoms with Crippen LogP contribution in [0, 0.1) is 5.92 Å². The summed E-state index contributed by atoms with van der Waals surface area (Å²) >= 11 is 1.43. The van der Waals surface area contributed by atoms with Crippen LogP contribution in [0.15, 0.2) is 47.9 Å². The largest absolute Gasteiger partial charge is 0.468 e. The Morgan fingerprint density at radius 3 is 2.60 bits per heavy atom. The van der Waals surface area contributed by atoms with Crippen LogP contribution in [0.3, 0.4) is 0 Å². The topological polar surface area (TPSA) is 44.1 Å². The average Bonchev–Trinajstić information content (AvgIpc) is 2.92. The minimum absolute atomic E-state index is 0.174. The van der Waals surface area contributed by atoms with Crippen LogP contribution in [0.25, 0.3) is 5.69 Å². The quantitative estimate of drug-likeness (QED) is 0.627. The lowest BCUT2D eigenvalue weighted by atomic mass is 10.1. The monoisotopic (exact) mass is 290 g/mol. The maximum atomic E-state index is 11.8. The zero-order chi connectivity index (χ0) is 14.5. The number of carbonyl (C=O) groups is 1. The Kier molecular flexibility index (Phi) is 4.84. The number of esters is 1. The maximum absolute atomic E-state index is 11.8. The number of imidazole rings is 1. The molecule has 2 rings (SSSR count). The molecule has 0 bridgehead atoms. The summed E-state index contributed by atoms with van der Waals surface area (Å²) in [5, 5.41) is 0.533. The van der Waals surface area contributed by atoms with Gasteiger partial charge in [0.05, 0.1) is 7.11 Å². The van der Waals surface area contributed by atoms with Gasteiger partial charge in [-0.2, -0.15) is 0 Å². The molecular formula is C15H18N2O2S. The van der Waals surface area contributed by atoms with Crippen molar-refractivity contribution in [3.05, 3.63) is 42.7 Å². The Labute approximate surface area is 123 Å². The molecule has 0 saturated heterocycles. The number of thioether (sulfide) groups is 1. The number of rotatable bonds is 5. The predicted molar refractivity (Wildman–Crippen MR) is 80.1 cm³/mol. The second-order valence-corrected chi connectivity index (χ2v) is 5.83. The van der Waals surface area contributed by atoms with Gasteiger partial charge in [-0.05, 0) is 18.1 Å². The van der Waals surface area contributed by atoms with Crippen LogP contribution in [0.5, 0.6) is 0 Å². The van der Waals surface area contributed by atoms with Gasteiger partial charge in [0.2, 0.25) is 0 Å². The minimum atomic E-state index is -0.259. The first-order valence-corrected chi connectivity index (χ1v) is 7.34. The lowest BCUT2D eigenvalue weighted by Crippen LogP contribution is -2.24. The summed E-state index contributed by atoms with van der Waals surface area (Å²) in [7, 11) is 1.42. The molecule has 0 amide bonds. The van der Waals surface area contributed by atoms with Crippen LogP contribution in [0.2, 0.25) is 0 Å². The maximum Gasteiger partial charge on any atom is 0.319 e. The van der Waals surface area contributed by atoms with Gasteiger partial charge in [-0.3, -0.25) is 9.36 Å². The normalized spacial score (nSPS) is 12.4. The van der Waals surface area contributed by atoms with Crippen LogP contribution in [-0.4, -0.2) is 27.9 Å². The standard InChI is InChI=1S/C15H18N2O2S/c1-11(2)13(14(18)19-3)20-15-16-9-10-17(15)12-7-5-4-6-8-12/h4-11,13H,1-3H3/t13-/m0/s1. The fraction of sp³-hybridized carbons (Fsp3) is 0.333. The third kappa shape index (κ3) is 3.22. The van der Waals surface area contributed by atoms with E-state index in [1.807, 2.05) is 54.9 Å². The van der Waals surface area contributed by atoms with E-state index < -0.39 is 0 Å². The summed E-state index contributed by atoms with van der Waals surface area (Å²) in [5.74, 6) is -0.0408. The molecule has 0 fully saturated rings. The van der Waals surface area contributed by atoms with Crippen molar-refractivity contribution in [3.8, 4) is 5.69 Å². The number of nitrogens with zero attached hydrogens (tertiary/aromatic N) is 2. The lowest BCUT2D eigenvalue weighted by Gasteiger charge is -2.17. The van der Waals surface area contributed by atoms with E-state index in [0.29, 0.717) is 0 Å². The minimum Gasteiger partial charge on any atom is -0.468 e. The van der Waals surface area contributed by atoms with Gasteiger partial charge in [-0.25, -0.2) is 4.98 Å². The molecule has 106 valence electrons. The molecule has 1 aromatic heterocycles. The summed E-state index contributed by atoms with van der Waals surface area (Å²) in [4.78, 5) is 16.2. The molecule has 0 radical (unpaired) electrons. The third-order valence-corrected chi connectivity index (χ3v) is 4.42. The summed E-state index contributed by atoms with van der Waals surface area (Å²) in [6.45, 7) is 4.01. The van der Waals surface area contributed by atoms with E-state index in [-0.39, 0.29) is 17.1 Å². The first kappa shape index (κ1) is 14.7. The molecule has 2 aromatic rings. The first-order valence-electron chi connectivity index (χ1n) is 6.46. The van der Waals surface area contributed by atoms with Crippen LogP contribution in [0.4, 0.5) is 0 Å². The van der Waals surface area contributed by atoms with Crippen LogP contribution in [-0.2, 0) is 9.53 Å². The second kappa shape index (κ2) is 6.61. The molecular weight excluding hydrogens is 272 g/mol. The van der Waals surface area contributed by atoms with E-state index >= 15 is 0 Å². The number of carbonyl (C=O) groups excluding carboxylic acids is 1. The number of para-hydroxylation sites is 1. The van der Waals surface area contributed by atoms with Crippen molar-refractivity contribution in [3.63, 3.8) is 0 Å². The molecule has 1 atom stereocenters. The average molecular weight is 290 g/mol. The van der Waals surface area contributed by atoms with Crippen LogP contribution in [0.1, 0.15) is 13.8 Å². The Bertz CT molecular complexity index is 566. The van der Waals surface area contributed by atoms with Gasteiger partial charge in [-0.15, -0.1) is 0 Å². The summed E-state index contributed by atoms with van der Waals surface area (Å²) in [5.41, 5.74) is 1.03. The highest BCUT2D eigenvalue weighted by molar-refractivity contribution is 8.00. The molecule has 0 saturated carbocycles. The van der Waals surface area contributed by atoms with Gasteiger partial charge < -0.3 is 4.74 Å². The van der Waals surface area contributed by atoms with E-state index in [2.05, 4.69) is 4.98 Å². The molecule has 0 aliphatic rings. The second-order valence-electron chi connectivity index (χ2n) is 4.72. The van der Waals surface area contributed by atoms with Crippen molar-refractivity contribution >= 4 is 17.7 Å². The van der Waals surface area contributed by atoms with Crippen molar-refractivity contribution in [2.24, 2.45) is 5.92 Å². The smallest absolute Gasteiger partial charge is 0.319 e. The highest BCUT2D eigenvalue weighted by Crippen LogP contribution is 2.29. The predicted octanol–water partition coefficient (Wildman–Crippen LogP) is 3.16. The Hall–Kier alpha value is -1.75. The van der Waals surface area contributed by atoms with E-state index in [9.17, 15) is 4.79 Å². The van der Waals surface area contributed by atoms with Gasteiger partial charge in [0, 0.05) is 18.1 Å².